The zero-order valence-electron chi connectivity index (χ0n) is 13.1. The molecule has 4 aromatic rings. The van der Waals surface area contributed by atoms with Crippen LogP contribution in [-0.2, 0) is 0 Å². The van der Waals surface area contributed by atoms with E-state index in [9.17, 15) is 9.90 Å². The number of hydrogen-bond donors (Lipinski definition) is 2. The molecule has 2 heterocycles. The van der Waals surface area contributed by atoms with E-state index in [0.29, 0.717) is 16.6 Å². The van der Waals surface area contributed by atoms with Crippen molar-refractivity contribution in [3.05, 3.63) is 88.9 Å². The number of hydrogen-bond acceptors (Lipinski definition) is 4. The first-order chi connectivity index (χ1) is 12.2. The molecule has 0 spiro atoms. The van der Waals surface area contributed by atoms with Crippen LogP contribution < -0.4 is 5.56 Å². The molecule has 6 nitrogen and oxygen atoms in total. The molecule has 2 N–H and O–H groups in total. The predicted molar refractivity (Wildman–Crippen MR) is 96.4 cm³/mol. The Balaban J connectivity index is 1.69. The van der Waals surface area contributed by atoms with Crippen molar-refractivity contribution in [3.8, 4) is 5.69 Å². The number of benzene rings is 2. The third kappa shape index (κ3) is 2.92. The lowest BCUT2D eigenvalue weighted by atomic mass is 10.1. The third-order valence-electron chi connectivity index (χ3n) is 3.86. The number of imidazole rings is 1. The Kier molecular flexibility index (Phi) is 3.63. The molecule has 4 rings (SSSR count). The fraction of sp³-hybridized carbons (Fsp3) is 0. The SMILES string of the molecule is O=c1[nH]c2ccccc2nc1/C=C(\O)c1ccc(-n2ccnc2)cc1. The van der Waals surface area contributed by atoms with Gasteiger partial charge in [0.15, 0.2) is 0 Å². The number of rotatable bonds is 3. The van der Waals surface area contributed by atoms with Gasteiger partial charge >= 0.3 is 0 Å². The van der Waals surface area contributed by atoms with E-state index in [-0.39, 0.29) is 17.0 Å². The summed E-state index contributed by atoms with van der Waals surface area (Å²) in [5.74, 6) is -0.0227. The summed E-state index contributed by atoms with van der Waals surface area (Å²) in [7, 11) is 0. The Morgan fingerprint density at radius 3 is 2.68 bits per heavy atom. The van der Waals surface area contributed by atoms with E-state index in [1.807, 2.05) is 35.0 Å². The molecule has 0 aliphatic carbocycles. The number of H-pyrrole nitrogens is 1. The van der Waals surface area contributed by atoms with Gasteiger partial charge in [0, 0.05) is 29.7 Å². The largest absolute Gasteiger partial charge is 0.507 e. The zero-order chi connectivity index (χ0) is 17.2. The molecule has 0 aliphatic heterocycles. The highest BCUT2D eigenvalue weighted by Crippen LogP contribution is 2.17. The van der Waals surface area contributed by atoms with Crippen molar-refractivity contribution in [1.82, 2.24) is 19.5 Å². The zero-order valence-corrected chi connectivity index (χ0v) is 13.1. The molecule has 6 heteroatoms. The summed E-state index contributed by atoms with van der Waals surface area (Å²) in [5, 5.41) is 10.3. The van der Waals surface area contributed by atoms with E-state index in [4.69, 9.17) is 0 Å². The molecule has 25 heavy (non-hydrogen) atoms. The predicted octanol–water partition coefficient (Wildman–Crippen LogP) is 3.16. The monoisotopic (exact) mass is 330 g/mol. The van der Waals surface area contributed by atoms with Gasteiger partial charge in [-0.25, -0.2) is 9.97 Å². The molecule has 0 unspecified atom stereocenters. The van der Waals surface area contributed by atoms with Gasteiger partial charge in [-0.2, -0.15) is 0 Å². The van der Waals surface area contributed by atoms with Gasteiger partial charge in [0.2, 0.25) is 0 Å². The Morgan fingerprint density at radius 2 is 1.92 bits per heavy atom. The maximum Gasteiger partial charge on any atom is 0.274 e. The third-order valence-corrected chi connectivity index (χ3v) is 3.86. The van der Waals surface area contributed by atoms with Gasteiger partial charge < -0.3 is 14.7 Å². The molecule has 0 atom stereocenters. The van der Waals surface area contributed by atoms with E-state index < -0.39 is 0 Å². The molecule has 0 bridgehead atoms. The van der Waals surface area contributed by atoms with Crippen LogP contribution in [0.5, 0.6) is 0 Å². The highest BCUT2D eigenvalue weighted by molar-refractivity contribution is 5.79. The second kappa shape index (κ2) is 6.09. The van der Waals surface area contributed by atoms with Gasteiger partial charge in [0.1, 0.15) is 11.5 Å². The number of aromatic nitrogens is 4. The number of aliphatic hydroxyl groups is 1. The van der Waals surface area contributed by atoms with Gasteiger partial charge in [-0.05, 0) is 36.4 Å². The summed E-state index contributed by atoms with van der Waals surface area (Å²) in [6, 6.07) is 14.5. The van der Waals surface area contributed by atoms with E-state index in [1.165, 1.54) is 6.08 Å². The Bertz CT molecular complexity index is 1110. The van der Waals surface area contributed by atoms with Crippen LogP contribution in [0.15, 0.2) is 72.0 Å². The van der Waals surface area contributed by atoms with Crippen LogP contribution in [0.1, 0.15) is 11.3 Å². The number of nitrogens with zero attached hydrogens (tertiary/aromatic N) is 3. The molecule has 122 valence electrons. The summed E-state index contributed by atoms with van der Waals surface area (Å²) in [6.45, 7) is 0. The van der Waals surface area contributed by atoms with Gasteiger partial charge in [0.25, 0.3) is 5.56 Å². The van der Waals surface area contributed by atoms with Crippen LogP contribution in [0.2, 0.25) is 0 Å². The highest BCUT2D eigenvalue weighted by atomic mass is 16.3. The van der Waals surface area contributed by atoms with Crippen molar-refractivity contribution in [2.24, 2.45) is 0 Å². The lowest BCUT2D eigenvalue weighted by Crippen LogP contribution is -2.12. The molecule has 0 saturated carbocycles. The van der Waals surface area contributed by atoms with Crippen LogP contribution in [-0.4, -0.2) is 24.6 Å². The van der Waals surface area contributed by atoms with Crippen molar-refractivity contribution in [3.63, 3.8) is 0 Å². The lowest BCUT2D eigenvalue weighted by Gasteiger charge is -2.05. The van der Waals surface area contributed by atoms with Crippen molar-refractivity contribution in [2.75, 3.05) is 0 Å². The molecule has 0 saturated heterocycles. The smallest absolute Gasteiger partial charge is 0.274 e. The molecule has 0 radical (unpaired) electrons. The normalized spacial score (nSPS) is 11.8. The van der Waals surface area contributed by atoms with E-state index >= 15 is 0 Å². The molecule has 0 fully saturated rings. The van der Waals surface area contributed by atoms with Crippen LogP contribution in [0, 0.1) is 0 Å². The van der Waals surface area contributed by atoms with Gasteiger partial charge in [-0.1, -0.05) is 12.1 Å². The van der Waals surface area contributed by atoms with E-state index in [2.05, 4.69) is 15.0 Å². The van der Waals surface area contributed by atoms with Crippen molar-refractivity contribution in [2.45, 2.75) is 0 Å². The number of aromatic amines is 1. The fourth-order valence-electron chi connectivity index (χ4n) is 2.57. The molecule has 2 aromatic heterocycles. The highest BCUT2D eigenvalue weighted by Gasteiger charge is 2.06. The van der Waals surface area contributed by atoms with Crippen molar-refractivity contribution in [1.29, 1.82) is 0 Å². The molecule has 0 amide bonds. The summed E-state index contributed by atoms with van der Waals surface area (Å²) in [5.41, 5.74) is 2.66. The maximum atomic E-state index is 12.1. The number of fused-ring (bicyclic) bond motifs is 1. The van der Waals surface area contributed by atoms with Gasteiger partial charge in [0.05, 0.1) is 17.4 Å². The quantitative estimate of drug-likeness (QED) is 0.565. The molecular weight excluding hydrogens is 316 g/mol. The standard InChI is InChI=1S/C19H14N4O2/c24-18(13-5-7-14(8-6-13)23-10-9-20-12-23)11-17-19(25)22-16-4-2-1-3-15(16)21-17/h1-12,24H,(H,22,25)/b18-11-. The average molecular weight is 330 g/mol. The fourth-order valence-corrected chi connectivity index (χ4v) is 2.57. The lowest BCUT2D eigenvalue weighted by molar-refractivity contribution is 0.515. The first-order valence-electron chi connectivity index (χ1n) is 7.69. The van der Waals surface area contributed by atoms with Gasteiger partial charge in [-0.15, -0.1) is 0 Å². The van der Waals surface area contributed by atoms with Crippen LogP contribution in [0.3, 0.4) is 0 Å². The molecule has 2 aromatic carbocycles. The second-order valence-electron chi connectivity index (χ2n) is 5.51. The minimum absolute atomic E-state index is 0.0227. The average Bonchev–Trinajstić information content (AvgIpc) is 3.17. The maximum absolute atomic E-state index is 12.1. The molecular formula is C19H14N4O2. The Labute approximate surface area is 142 Å². The summed E-state index contributed by atoms with van der Waals surface area (Å²) >= 11 is 0. The van der Waals surface area contributed by atoms with Crippen LogP contribution >= 0.6 is 0 Å². The minimum atomic E-state index is -0.347. The minimum Gasteiger partial charge on any atom is -0.507 e. The Morgan fingerprint density at radius 1 is 1.12 bits per heavy atom. The first kappa shape index (κ1) is 14.9. The van der Waals surface area contributed by atoms with Crippen molar-refractivity contribution >= 4 is 22.9 Å². The second-order valence-corrected chi connectivity index (χ2v) is 5.51. The number of nitrogens with one attached hydrogen (secondary N) is 1. The molecule has 0 aliphatic rings. The topological polar surface area (TPSA) is 83.8 Å². The number of aliphatic hydroxyl groups excluding tert-OH is 1. The van der Waals surface area contributed by atoms with Crippen molar-refractivity contribution < 1.29 is 5.11 Å². The first-order valence-corrected chi connectivity index (χ1v) is 7.69. The summed E-state index contributed by atoms with van der Waals surface area (Å²) in [6.07, 6.45) is 6.60. The summed E-state index contributed by atoms with van der Waals surface area (Å²) in [4.78, 5) is 23.2. The van der Waals surface area contributed by atoms with Gasteiger partial charge in [-0.3, -0.25) is 4.79 Å². The van der Waals surface area contributed by atoms with Crippen LogP contribution in [0.4, 0.5) is 0 Å². The Hall–Kier alpha value is -3.67. The van der Waals surface area contributed by atoms with Crippen LogP contribution in [0.25, 0.3) is 28.6 Å². The van der Waals surface area contributed by atoms with E-state index in [0.717, 1.165) is 5.69 Å². The van der Waals surface area contributed by atoms with E-state index in [1.54, 1.807) is 36.8 Å². The number of para-hydroxylation sites is 2. The summed E-state index contributed by atoms with van der Waals surface area (Å²) < 4.78 is 1.86.